The first kappa shape index (κ1) is 21.3. The smallest absolute Gasteiger partial charge is 0.265 e. The number of ether oxygens (including phenoxy) is 1. The minimum atomic E-state index is -3.94. The lowest BCUT2D eigenvalue weighted by atomic mass is 10.1. The van der Waals surface area contributed by atoms with Crippen molar-refractivity contribution < 1.29 is 22.7 Å². The SMILES string of the molecule is Cc1ccc(NC(=O)[C@H]2CCCN2S(=O)(=O)c2ccc3c(c2)NC(=O)[C@@H](C)O3)cc1C. The first-order valence-electron chi connectivity index (χ1n) is 10.2. The zero-order chi connectivity index (χ0) is 22.3. The zero-order valence-corrected chi connectivity index (χ0v) is 18.5. The third-order valence-electron chi connectivity index (χ3n) is 5.77. The molecule has 0 spiro atoms. The van der Waals surface area contributed by atoms with Crippen LogP contribution in [0, 0.1) is 13.8 Å². The summed E-state index contributed by atoms with van der Waals surface area (Å²) < 4.78 is 33.4. The lowest BCUT2D eigenvalue weighted by Crippen LogP contribution is -2.43. The number of nitrogens with one attached hydrogen (secondary N) is 2. The summed E-state index contributed by atoms with van der Waals surface area (Å²) in [6.45, 7) is 5.81. The standard InChI is InChI=1S/C22H25N3O5S/c1-13-6-7-16(11-14(13)2)23-22(27)19-5-4-10-25(19)31(28,29)17-8-9-20-18(12-17)24-21(26)15(3)30-20/h6-9,11-12,15,19H,4-5,10H2,1-3H3,(H,23,27)(H,24,26)/t15-,19-/m1/s1. The molecule has 0 aromatic heterocycles. The Bertz CT molecular complexity index is 1160. The topological polar surface area (TPSA) is 105 Å². The Morgan fingerprint density at radius 2 is 1.94 bits per heavy atom. The number of carbonyl (C=O) groups is 2. The van der Waals surface area contributed by atoms with Gasteiger partial charge in [0.2, 0.25) is 15.9 Å². The van der Waals surface area contributed by atoms with Gasteiger partial charge in [-0.25, -0.2) is 8.42 Å². The summed E-state index contributed by atoms with van der Waals surface area (Å²) in [6, 6.07) is 9.14. The summed E-state index contributed by atoms with van der Waals surface area (Å²) in [4.78, 5) is 24.8. The van der Waals surface area contributed by atoms with Gasteiger partial charge in [0.1, 0.15) is 11.8 Å². The Kier molecular flexibility index (Phi) is 5.49. The molecule has 0 aliphatic carbocycles. The highest BCUT2D eigenvalue weighted by molar-refractivity contribution is 7.89. The van der Waals surface area contributed by atoms with Gasteiger partial charge in [-0.05, 0) is 75.1 Å². The van der Waals surface area contributed by atoms with Crippen molar-refractivity contribution in [2.75, 3.05) is 17.2 Å². The lowest BCUT2D eigenvalue weighted by molar-refractivity contribution is -0.122. The van der Waals surface area contributed by atoms with Crippen molar-refractivity contribution in [3.63, 3.8) is 0 Å². The van der Waals surface area contributed by atoms with Gasteiger partial charge in [0.25, 0.3) is 5.91 Å². The van der Waals surface area contributed by atoms with Crippen LogP contribution in [0.15, 0.2) is 41.3 Å². The van der Waals surface area contributed by atoms with Gasteiger partial charge in [-0.2, -0.15) is 4.31 Å². The average molecular weight is 444 g/mol. The molecule has 1 saturated heterocycles. The third-order valence-corrected chi connectivity index (χ3v) is 7.67. The van der Waals surface area contributed by atoms with Crippen molar-refractivity contribution in [3.8, 4) is 5.75 Å². The molecular weight excluding hydrogens is 418 g/mol. The monoisotopic (exact) mass is 443 g/mol. The van der Waals surface area contributed by atoms with E-state index in [9.17, 15) is 18.0 Å². The quantitative estimate of drug-likeness (QED) is 0.756. The van der Waals surface area contributed by atoms with E-state index in [0.717, 1.165) is 11.1 Å². The van der Waals surface area contributed by atoms with Crippen LogP contribution in [0.1, 0.15) is 30.9 Å². The number of amides is 2. The normalized spacial score (nSPS) is 21.2. The van der Waals surface area contributed by atoms with E-state index in [1.54, 1.807) is 13.0 Å². The highest BCUT2D eigenvalue weighted by Gasteiger charge is 2.40. The Morgan fingerprint density at radius 1 is 1.16 bits per heavy atom. The van der Waals surface area contributed by atoms with E-state index in [4.69, 9.17) is 4.74 Å². The average Bonchev–Trinajstić information content (AvgIpc) is 3.22. The molecule has 2 aromatic rings. The summed E-state index contributed by atoms with van der Waals surface area (Å²) in [7, 11) is -3.94. The second-order valence-electron chi connectivity index (χ2n) is 7.97. The van der Waals surface area contributed by atoms with Crippen LogP contribution in [0.2, 0.25) is 0 Å². The number of aryl methyl sites for hydroxylation is 2. The summed E-state index contributed by atoms with van der Waals surface area (Å²) in [6.07, 6.45) is 0.386. The van der Waals surface area contributed by atoms with Crippen LogP contribution in [0.25, 0.3) is 0 Å². The highest BCUT2D eigenvalue weighted by Crippen LogP contribution is 2.34. The molecule has 0 bridgehead atoms. The van der Waals surface area contributed by atoms with Gasteiger partial charge >= 0.3 is 0 Å². The Balaban J connectivity index is 1.57. The predicted octanol–water partition coefficient (Wildman–Crippen LogP) is 2.81. The summed E-state index contributed by atoms with van der Waals surface area (Å²) in [5.41, 5.74) is 3.10. The second-order valence-corrected chi connectivity index (χ2v) is 9.86. The van der Waals surface area contributed by atoms with Gasteiger partial charge in [-0.15, -0.1) is 0 Å². The maximum Gasteiger partial charge on any atom is 0.265 e. The number of sulfonamides is 1. The van der Waals surface area contributed by atoms with Crippen molar-refractivity contribution in [1.82, 2.24) is 4.31 Å². The van der Waals surface area contributed by atoms with E-state index in [-0.39, 0.29) is 23.3 Å². The fraction of sp³-hybridized carbons (Fsp3) is 0.364. The number of anilines is 2. The van der Waals surface area contributed by atoms with Crippen LogP contribution in [-0.2, 0) is 19.6 Å². The van der Waals surface area contributed by atoms with Crippen molar-refractivity contribution in [3.05, 3.63) is 47.5 Å². The van der Waals surface area contributed by atoms with Gasteiger partial charge in [0.05, 0.1) is 10.6 Å². The van der Waals surface area contributed by atoms with E-state index in [0.29, 0.717) is 30.0 Å². The van der Waals surface area contributed by atoms with Crippen molar-refractivity contribution in [1.29, 1.82) is 0 Å². The van der Waals surface area contributed by atoms with Crippen LogP contribution in [-0.4, -0.2) is 43.2 Å². The minimum absolute atomic E-state index is 0.00980. The molecule has 2 N–H and O–H groups in total. The molecule has 2 heterocycles. The summed E-state index contributed by atoms with van der Waals surface area (Å²) >= 11 is 0. The second kappa shape index (κ2) is 7.97. The number of hydrogen-bond donors (Lipinski definition) is 2. The van der Waals surface area contributed by atoms with Crippen molar-refractivity contribution in [2.45, 2.75) is 50.7 Å². The van der Waals surface area contributed by atoms with Gasteiger partial charge < -0.3 is 15.4 Å². The molecule has 4 rings (SSSR count). The molecule has 0 unspecified atom stereocenters. The number of carbonyl (C=O) groups excluding carboxylic acids is 2. The van der Waals surface area contributed by atoms with Crippen LogP contribution in [0.4, 0.5) is 11.4 Å². The van der Waals surface area contributed by atoms with Crippen molar-refractivity contribution >= 4 is 33.2 Å². The molecule has 2 aliphatic rings. The van der Waals surface area contributed by atoms with Gasteiger partial charge in [-0.1, -0.05) is 6.07 Å². The van der Waals surface area contributed by atoms with Gasteiger partial charge in [-0.3, -0.25) is 9.59 Å². The molecule has 2 atom stereocenters. The summed E-state index contributed by atoms with van der Waals surface area (Å²) in [5.74, 6) is -0.280. The van der Waals surface area contributed by atoms with Gasteiger partial charge in [0.15, 0.2) is 6.10 Å². The Labute approximate surface area is 181 Å². The largest absolute Gasteiger partial charge is 0.479 e. The molecule has 2 amide bonds. The number of nitrogens with zero attached hydrogens (tertiary/aromatic N) is 1. The maximum atomic E-state index is 13.3. The van der Waals surface area contributed by atoms with E-state index >= 15 is 0 Å². The van der Waals surface area contributed by atoms with E-state index in [2.05, 4.69) is 10.6 Å². The van der Waals surface area contributed by atoms with Gasteiger partial charge in [0, 0.05) is 12.2 Å². The van der Waals surface area contributed by atoms with E-state index in [1.165, 1.54) is 22.5 Å². The first-order valence-corrected chi connectivity index (χ1v) is 11.6. The van der Waals surface area contributed by atoms with Crippen LogP contribution in [0.3, 0.4) is 0 Å². The Hall–Kier alpha value is -2.91. The van der Waals surface area contributed by atoms with Crippen LogP contribution < -0.4 is 15.4 Å². The molecule has 9 heteroatoms. The number of fused-ring (bicyclic) bond motifs is 1. The lowest BCUT2D eigenvalue weighted by Gasteiger charge is -2.26. The van der Waals surface area contributed by atoms with Crippen molar-refractivity contribution in [2.24, 2.45) is 0 Å². The molecular formula is C22H25N3O5S. The first-order chi connectivity index (χ1) is 14.7. The number of rotatable bonds is 4. The summed E-state index contributed by atoms with van der Waals surface area (Å²) in [5, 5.41) is 5.51. The minimum Gasteiger partial charge on any atom is -0.479 e. The number of benzene rings is 2. The molecule has 0 radical (unpaired) electrons. The molecule has 8 nitrogen and oxygen atoms in total. The number of hydrogen-bond acceptors (Lipinski definition) is 5. The fourth-order valence-electron chi connectivity index (χ4n) is 3.82. The fourth-order valence-corrected chi connectivity index (χ4v) is 5.50. The Morgan fingerprint density at radius 3 is 2.68 bits per heavy atom. The third kappa shape index (κ3) is 4.03. The van der Waals surface area contributed by atoms with Crippen LogP contribution >= 0.6 is 0 Å². The highest BCUT2D eigenvalue weighted by atomic mass is 32.2. The molecule has 164 valence electrons. The molecule has 2 aromatic carbocycles. The molecule has 31 heavy (non-hydrogen) atoms. The van der Waals surface area contributed by atoms with E-state index in [1.807, 2.05) is 26.0 Å². The molecule has 0 saturated carbocycles. The predicted molar refractivity (Wildman–Crippen MR) is 117 cm³/mol. The zero-order valence-electron chi connectivity index (χ0n) is 17.6. The molecule has 2 aliphatic heterocycles. The van der Waals surface area contributed by atoms with Crippen LogP contribution in [0.5, 0.6) is 5.75 Å². The maximum absolute atomic E-state index is 13.3. The molecule has 1 fully saturated rings. The van der Waals surface area contributed by atoms with E-state index < -0.39 is 22.2 Å².